The van der Waals surface area contributed by atoms with Crippen molar-refractivity contribution in [1.82, 2.24) is 4.90 Å². The molecule has 0 aliphatic heterocycles. The Balaban J connectivity index is 2.17. The van der Waals surface area contributed by atoms with Gasteiger partial charge >= 0.3 is 0 Å². The molecule has 1 heteroatoms. The van der Waals surface area contributed by atoms with Crippen LogP contribution in [0.2, 0.25) is 0 Å². The second-order valence-corrected chi connectivity index (χ2v) is 7.87. The molecule has 0 N–H and O–H groups in total. The SMILES string of the molecule is CN(C1=C/C=C\C=C/C=C\C=C/C=C\1)C1(C)CCCCCCCCCC1. The van der Waals surface area contributed by atoms with E-state index in [0.29, 0.717) is 0 Å². The molecule has 0 heterocycles. The predicted molar refractivity (Wildman–Crippen MR) is 116 cm³/mol. The first-order valence-corrected chi connectivity index (χ1v) is 10.5. The van der Waals surface area contributed by atoms with Gasteiger partial charge in [0.25, 0.3) is 0 Å². The van der Waals surface area contributed by atoms with Crippen LogP contribution in [0.4, 0.5) is 0 Å². The zero-order valence-electron chi connectivity index (χ0n) is 16.9. The van der Waals surface area contributed by atoms with Crippen LogP contribution in [0.15, 0.2) is 72.5 Å². The van der Waals surface area contributed by atoms with E-state index in [-0.39, 0.29) is 5.54 Å². The van der Waals surface area contributed by atoms with Gasteiger partial charge in [0.2, 0.25) is 0 Å². The highest BCUT2D eigenvalue weighted by Gasteiger charge is 2.29. The van der Waals surface area contributed by atoms with E-state index >= 15 is 0 Å². The molecule has 26 heavy (non-hydrogen) atoms. The van der Waals surface area contributed by atoms with Crippen molar-refractivity contribution < 1.29 is 0 Å². The number of nitrogens with zero attached hydrogens (tertiary/aromatic N) is 1. The second kappa shape index (κ2) is 11.8. The molecular formula is C25H37N. The minimum absolute atomic E-state index is 0.241. The van der Waals surface area contributed by atoms with Crippen molar-refractivity contribution in [3.05, 3.63) is 72.5 Å². The molecule has 0 bridgehead atoms. The molecule has 0 aromatic carbocycles. The molecule has 2 aliphatic rings. The third-order valence-electron chi connectivity index (χ3n) is 5.80. The van der Waals surface area contributed by atoms with E-state index in [1.165, 1.54) is 69.9 Å². The van der Waals surface area contributed by atoms with Crippen LogP contribution in [0.25, 0.3) is 0 Å². The zero-order valence-corrected chi connectivity index (χ0v) is 16.9. The van der Waals surface area contributed by atoms with Gasteiger partial charge in [0.05, 0.1) is 0 Å². The number of hydrogen-bond donors (Lipinski definition) is 0. The first-order chi connectivity index (χ1) is 12.7. The fourth-order valence-electron chi connectivity index (χ4n) is 3.88. The first kappa shape index (κ1) is 20.6. The van der Waals surface area contributed by atoms with Crippen LogP contribution >= 0.6 is 0 Å². The lowest BCUT2D eigenvalue weighted by atomic mass is 9.86. The van der Waals surface area contributed by atoms with E-state index in [1.807, 2.05) is 0 Å². The quantitative estimate of drug-likeness (QED) is 0.505. The van der Waals surface area contributed by atoms with E-state index in [9.17, 15) is 0 Å². The van der Waals surface area contributed by atoms with E-state index < -0.39 is 0 Å². The lowest BCUT2D eigenvalue weighted by Gasteiger charge is -2.42. The molecule has 142 valence electrons. The van der Waals surface area contributed by atoms with Crippen molar-refractivity contribution in [3.8, 4) is 0 Å². The lowest BCUT2D eigenvalue weighted by Crippen LogP contribution is -2.43. The van der Waals surface area contributed by atoms with Crippen molar-refractivity contribution in [2.75, 3.05) is 7.05 Å². The van der Waals surface area contributed by atoms with Crippen LogP contribution in [0.1, 0.15) is 71.1 Å². The topological polar surface area (TPSA) is 3.24 Å². The summed E-state index contributed by atoms with van der Waals surface area (Å²) in [5.74, 6) is 0. The van der Waals surface area contributed by atoms with Crippen molar-refractivity contribution in [1.29, 1.82) is 0 Å². The Morgan fingerprint density at radius 2 is 1.04 bits per heavy atom. The Morgan fingerprint density at radius 3 is 1.58 bits per heavy atom. The fraction of sp³-hybridized carbons (Fsp3) is 0.520. The van der Waals surface area contributed by atoms with Crippen LogP contribution in [0.3, 0.4) is 0 Å². The molecule has 0 saturated heterocycles. The Labute approximate surface area is 161 Å². The zero-order chi connectivity index (χ0) is 18.5. The summed E-state index contributed by atoms with van der Waals surface area (Å²) in [4.78, 5) is 2.53. The molecule has 1 fully saturated rings. The highest BCUT2D eigenvalue weighted by atomic mass is 15.2. The van der Waals surface area contributed by atoms with Crippen molar-refractivity contribution in [3.63, 3.8) is 0 Å². The summed E-state index contributed by atoms with van der Waals surface area (Å²) in [5, 5.41) is 0. The van der Waals surface area contributed by atoms with Gasteiger partial charge in [-0.2, -0.15) is 0 Å². The van der Waals surface area contributed by atoms with Gasteiger partial charge in [-0.25, -0.2) is 0 Å². The van der Waals surface area contributed by atoms with E-state index in [2.05, 4.69) is 85.7 Å². The molecule has 0 amide bonds. The third kappa shape index (κ3) is 7.23. The van der Waals surface area contributed by atoms with Crippen molar-refractivity contribution in [2.24, 2.45) is 0 Å². The van der Waals surface area contributed by atoms with E-state index in [0.717, 1.165) is 0 Å². The molecular weight excluding hydrogens is 314 g/mol. The fourth-order valence-corrected chi connectivity index (χ4v) is 3.88. The Kier molecular flexibility index (Phi) is 9.31. The molecule has 2 aliphatic carbocycles. The predicted octanol–water partition coefficient (Wildman–Crippen LogP) is 7.27. The Bertz CT molecular complexity index is 559. The molecule has 0 aromatic rings. The number of allylic oxidation sites excluding steroid dienone is 11. The Morgan fingerprint density at radius 1 is 0.615 bits per heavy atom. The number of likely N-dealkylation sites (N-methyl/N-ethyl adjacent to an activating group) is 1. The smallest absolute Gasteiger partial charge is 0.0371 e. The standard InChI is InChI=1S/C25H37N/c1-25(22-18-14-10-6-7-11-15-19-23-25)26(2)24-20-16-12-8-4-3-5-9-13-17-21-24/h3-5,8-9,12-13,16-17,20-21H,6-7,10-11,14-15,18-19,22-23H2,1-2H3/b4-3-,5-3?,8-4?,9-5-,12-8-,13-9?,16-12?,17-13-,20-16-,21-17?,24-20?,24-21+. The van der Waals surface area contributed by atoms with Gasteiger partial charge < -0.3 is 4.90 Å². The average molecular weight is 352 g/mol. The van der Waals surface area contributed by atoms with E-state index in [4.69, 9.17) is 0 Å². The molecule has 0 radical (unpaired) electrons. The minimum atomic E-state index is 0.241. The second-order valence-electron chi connectivity index (χ2n) is 7.87. The monoisotopic (exact) mass is 351 g/mol. The molecule has 0 unspecified atom stereocenters. The molecule has 1 nitrogen and oxygen atoms in total. The van der Waals surface area contributed by atoms with Crippen LogP contribution in [-0.4, -0.2) is 17.5 Å². The van der Waals surface area contributed by atoms with Crippen LogP contribution < -0.4 is 0 Å². The van der Waals surface area contributed by atoms with Gasteiger partial charge in [-0.05, 0) is 31.9 Å². The summed E-state index contributed by atoms with van der Waals surface area (Å²) < 4.78 is 0. The van der Waals surface area contributed by atoms with Crippen LogP contribution in [0, 0.1) is 0 Å². The highest BCUT2D eigenvalue weighted by Crippen LogP contribution is 2.32. The largest absolute Gasteiger partial charge is 0.369 e. The van der Waals surface area contributed by atoms with Crippen LogP contribution in [-0.2, 0) is 0 Å². The van der Waals surface area contributed by atoms with Crippen LogP contribution in [0.5, 0.6) is 0 Å². The Hall–Kier alpha value is -1.76. The lowest BCUT2D eigenvalue weighted by molar-refractivity contribution is 0.152. The van der Waals surface area contributed by atoms with Gasteiger partial charge in [-0.1, -0.05) is 106 Å². The van der Waals surface area contributed by atoms with Crippen molar-refractivity contribution >= 4 is 0 Å². The maximum atomic E-state index is 2.53. The average Bonchev–Trinajstić information content (AvgIpc) is 2.67. The summed E-state index contributed by atoms with van der Waals surface area (Å²) in [6, 6.07) is 0. The van der Waals surface area contributed by atoms with Gasteiger partial charge in [-0.15, -0.1) is 0 Å². The highest BCUT2D eigenvalue weighted by molar-refractivity contribution is 5.30. The normalized spacial score (nSPS) is 30.2. The molecule has 1 saturated carbocycles. The number of hydrogen-bond acceptors (Lipinski definition) is 1. The van der Waals surface area contributed by atoms with Gasteiger partial charge in [-0.3, -0.25) is 0 Å². The van der Waals surface area contributed by atoms with Gasteiger partial charge in [0.1, 0.15) is 0 Å². The first-order valence-electron chi connectivity index (χ1n) is 10.5. The summed E-state index contributed by atoms with van der Waals surface area (Å²) in [5.41, 5.74) is 1.53. The minimum Gasteiger partial charge on any atom is -0.369 e. The van der Waals surface area contributed by atoms with Gasteiger partial charge in [0, 0.05) is 18.3 Å². The molecule has 2 rings (SSSR count). The summed E-state index contributed by atoms with van der Waals surface area (Å²) in [7, 11) is 2.29. The third-order valence-corrected chi connectivity index (χ3v) is 5.80. The number of rotatable bonds is 2. The maximum Gasteiger partial charge on any atom is 0.0371 e. The molecule has 0 aromatic heterocycles. The molecule has 0 spiro atoms. The summed E-state index contributed by atoms with van der Waals surface area (Å²) in [6.07, 6.45) is 37.1. The maximum absolute atomic E-state index is 2.53. The van der Waals surface area contributed by atoms with E-state index in [1.54, 1.807) is 0 Å². The van der Waals surface area contributed by atoms with Gasteiger partial charge in [0.15, 0.2) is 0 Å². The van der Waals surface area contributed by atoms with Crippen molar-refractivity contribution in [2.45, 2.75) is 76.7 Å². The summed E-state index contributed by atoms with van der Waals surface area (Å²) in [6.45, 7) is 2.47. The summed E-state index contributed by atoms with van der Waals surface area (Å²) >= 11 is 0. The molecule has 0 atom stereocenters.